The van der Waals surface area contributed by atoms with E-state index in [1.54, 1.807) is 23.1 Å². The van der Waals surface area contributed by atoms with Crippen LogP contribution >= 0.6 is 11.6 Å². The SMILES string of the molecule is COc1ccc(S(=O)(=O)N(CC(=O)NCc2cccc(N3CCCC3=O)c2)c2ccc(F)c(Cl)c2)cc1OC. The minimum atomic E-state index is -4.33. The number of sulfonamides is 1. The van der Waals surface area contributed by atoms with Crippen LogP contribution in [0, 0.1) is 5.82 Å². The highest BCUT2D eigenvalue weighted by molar-refractivity contribution is 7.92. The lowest BCUT2D eigenvalue weighted by Crippen LogP contribution is -2.40. The lowest BCUT2D eigenvalue weighted by molar-refractivity contribution is -0.120. The third-order valence-electron chi connectivity index (χ3n) is 6.21. The molecule has 0 spiro atoms. The van der Waals surface area contributed by atoms with Gasteiger partial charge in [-0.25, -0.2) is 12.8 Å². The van der Waals surface area contributed by atoms with Crippen molar-refractivity contribution in [3.8, 4) is 11.5 Å². The smallest absolute Gasteiger partial charge is 0.264 e. The van der Waals surface area contributed by atoms with Gasteiger partial charge in [0.1, 0.15) is 12.4 Å². The van der Waals surface area contributed by atoms with Crippen LogP contribution in [0.4, 0.5) is 15.8 Å². The molecule has 2 amide bonds. The van der Waals surface area contributed by atoms with E-state index in [4.69, 9.17) is 21.1 Å². The molecule has 1 fully saturated rings. The fourth-order valence-electron chi connectivity index (χ4n) is 4.20. The van der Waals surface area contributed by atoms with Crippen LogP contribution in [0.15, 0.2) is 65.6 Å². The second-order valence-corrected chi connectivity index (χ2v) is 11.0. The van der Waals surface area contributed by atoms with Crippen molar-refractivity contribution in [3.05, 3.63) is 77.1 Å². The molecule has 0 bridgehead atoms. The van der Waals surface area contributed by atoms with Crippen LogP contribution in [0.3, 0.4) is 0 Å². The van der Waals surface area contributed by atoms with Crippen molar-refractivity contribution in [3.63, 3.8) is 0 Å². The quantitative estimate of drug-likeness (QED) is 0.390. The molecule has 206 valence electrons. The number of benzene rings is 3. The first-order chi connectivity index (χ1) is 18.6. The first kappa shape index (κ1) is 28.2. The average Bonchev–Trinajstić information content (AvgIpc) is 3.37. The number of hydrogen-bond acceptors (Lipinski definition) is 6. The molecular formula is C27H27ClFN3O6S. The number of rotatable bonds is 10. The second kappa shape index (κ2) is 11.9. The Kier molecular flexibility index (Phi) is 8.61. The van der Waals surface area contributed by atoms with Crippen LogP contribution in [0.25, 0.3) is 0 Å². The molecule has 0 aliphatic carbocycles. The van der Waals surface area contributed by atoms with Crippen molar-refractivity contribution in [2.45, 2.75) is 24.3 Å². The lowest BCUT2D eigenvalue weighted by atomic mass is 10.2. The third-order valence-corrected chi connectivity index (χ3v) is 8.27. The average molecular weight is 576 g/mol. The van der Waals surface area contributed by atoms with Gasteiger partial charge in [0.25, 0.3) is 10.0 Å². The van der Waals surface area contributed by atoms with Crippen molar-refractivity contribution < 1.29 is 31.9 Å². The molecule has 0 unspecified atom stereocenters. The van der Waals surface area contributed by atoms with Crippen LogP contribution < -0.4 is 24.0 Å². The summed E-state index contributed by atoms with van der Waals surface area (Å²) in [6.07, 6.45) is 1.29. The molecule has 0 aromatic heterocycles. The van der Waals surface area contributed by atoms with E-state index >= 15 is 0 Å². The van der Waals surface area contributed by atoms with E-state index in [0.29, 0.717) is 18.7 Å². The number of anilines is 2. The van der Waals surface area contributed by atoms with Gasteiger partial charge < -0.3 is 19.7 Å². The highest BCUT2D eigenvalue weighted by Gasteiger charge is 2.29. The topological polar surface area (TPSA) is 105 Å². The van der Waals surface area contributed by atoms with Gasteiger partial charge in [0, 0.05) is 31.3 Å². The standard InChI is InChI=1S/C27H27ClFN3O6S/c1-37-24-11-9-21(15-25(24)38-2)39(35,36)32(20-8-10-23(29)22(28)14-20)17-26(33)30-16-18-5-3-6-19(13-18)31-12-4-7-27(31)34/h3,5-6,8-11,13-15H,4,7,12,16-17H2,1-2H3,(H,30,33). The maximum absolute atomic E-state index is 13.9. The van der Waals surface area contributed by atoms with Gasteiger partial charge in [-0.3, -0.25) is 13.9 Å². The van der Waals surface area contributed by atoms with E-state index in [2.05, 4.69) is 5.32 Å². The molecular weight excluding hydrogens is 549 g/mol. The summed E-state index contributed by atoms with van der Waals surface area (Å²) in [6.45, 7) is 0.129. The van der Waals surface area contributed by atoms with Gasteiger partial charge in [0.05, 0.1) is 29.8 Å². The fourth-order valence-corrected chi connectivity index (χ4v) is 5.81. The number of ether oxygens (including phenoxy) is 2. The van der Waals surface area contributed by atoms with Gasteiger partial charge in [-0.1, -0.05) is 23.7 Å². The molecule has 0 atom stereocenters. The summed E-state index contributed by atoms with van der Waals surface area (Å²) < 4.78 is 52.5. The molecule has 12 heteroatoms. The van der Waals surface area contributed by atoms with E-state index in [9.17, 15) is 22.4 Å². The van der Waals surface area contributed by atoms with Crippen molar-refractivity contribution in [2.24, 2.45) is 0 Å². The second-order valence-electron chi connectivity index (χ2n) is 8.72. The number of halogens is 2. The molecule has 39 heavy (non-hydrogen) atoms. The van der Waals surface area contributed by atoms with Gasteiger partial charge >= 0.3 is 0 Å². The van der Waals surface area contributed by atoms with E-state index < -0.39 is 28.3 Å². The van der Waals surface area contributed by atoms with E-state index in [1.165, 1.54) is 38.5 Å². The van der Waals surface area contributed by atoms with Gasteiger partial charge in [-0.2, -0.15) is 0 Å². The van der Waals surface area contributed by atoms with E-state index in [-0.39, 0.29) is 33.8 Å². The van der Waals surface area contributed by atoms with Crippen molar-refractivity contribution >= 4 is 44.8 Å². The zero-order valence-corrected chi connectivity index (χ0v) is 22.9. The Balaban J connectivity index is 1.58. The highest BCUT2D eigenvalue weighted by Crippen LogP contribution is 2.33. The minimum Gasteiger partial charge on any atom is -0.493 e. The molecule has 1 heterocycles. The lowest BCUT2D eigenvalue weighted by Gasteiger charge is -2.25. The summed E-state index contributed by atoms with van der Waals surface area (Å²) >= 11 is 5.94. The monoisotopic (exact) mass is 575 g/mol. The number of nitrogens with zero attached hydrogens (tertiary/aromatic N) is 2. The Hall–Kier alpha value is -3.83. The van der Waals surface area contributed by atoms with Crippen LogP contribution in [-0.4, -0.2) is 47.5 Å². The third kappa shape index (κ3) is 6.26. The van der Waals surface area contributed by atoms with Crippen molar-refractivity contribution in [1.29, 1.82) is 0 Å². The normalized spacial score (nSPS) is 13.3. The molecule has 1 aliphatic heterocycles. The minimum absolute atomic E-state index is 0.000813. The number of amides is 2. The fraction of sp³-hybridized carbons (Fsp3) is 0.259. The van der Waals surface area contributed by atoms with Gasteiger partial charge in [-0.05, 0) is 54.4 Å². The van der Waals surface area contributed by atoms with Crippen LogP contribution in [0.1, 0.15) is 18.4 Å². The predicted octanol–water partition coefficient (Wildman–Crippen LogP) is 4.13. The molecule has 3 aromatic rings. The summed E-state index contributed by atoms with van der Waals surface area (Å²) in [5.41, 5.74) is 1.48. The number of carbonyl (C=O) groups excluding carboxylic acids is 2. The Morgan fingerprint density at radius 1 is 1.08 bits per heavy atom. The van der Waals surface area contributed by atoms with Crippen LogP contribution in [-0.2, 0) is 26.2 Å². The molecule has 1 aliphatic rings. The predicted molar refractivity (Wildman–Crippen MR) is 145 cm³/mol. The summed E-state index contributed by atoms with van der Waals surface area (Å²) in [4.78, 5) is 26.6. The summed E-state index contributed by atoms with van der Waals surface area (Å²) in [5.74, 6) is -0.795. The first-order valence-electron chi connectivity index (χ1n) is 12.0. The molecule has 0 saturated carbocycles. The van der Waals surface area contributed by atoms with Crippen molar-refractivity contribution in [2.75, 3.05) is 36.5 Å². The summed E-state index contributed by atoms with van der Waals surface area (Å²) in [7, 11) is -1.54. The summed E-state index contributed by atoms with van der Waals surface area (Å²) in [5, 5.41) is 2.42. The Morgan fingerprint density at radius 2 is 1.85 bits per heavy atom. The van der Waals surface area contributed by atoms with E-state index in [1.807, 2.05) is 6.07 Å². The molecule has 0 radical (unpaired) electrons. The maximum Gasteiger partial charge on any atom is 0.264 e. The Labute approximate surface area is 231 Å². The number of nitrogens with one attached hydrogen (secondary N) is 1. The van der Waals surface area contributed by atoms with Gasteiger partial charge in [0.2, 0.25) is 11.8 Å². The molecule has 4 rings (SSSR count). The molecule has 1 saturated heterocycles. The van der Waals surface area contributed by atoms with Gasteiger partial charge in [-0.15, -0.1) is 0 Å². The number of methoxy groups -OCH3 is 2. The number of carbonyl (C=O) groups is 2. The highest BCUT2D eigenvalue weighted by atomic mass is 35.5. The Morgan fingerprint density at radius 3 is 2.51 bits per heavy atom. The Bertz CT molecular complexity index is 1500. The van der Waals surface area contributed by atoms with E-state index in [0.717, 1.165) is 34.1 Å². The summed E-state index contributed by atoms with van der Waals surface area (Å²) in [6, 6.07) is 14.6. The molecule has 1 N–H and O–H groups in total. The first-order valence-corrected chi connectivity index (χ1v) is 13.8. The molecule has 9 nitrogen and oxygen atoms in total. The van der Waals surface area contributed by atoms with Gasteiger partial charge in [0.15, 0.2) is 11.5 Å². The number of hydrogen-bond donors (Lipinski definition) is 1. The van der Waals surface area contributed by atoms with Crippen LogP contribution in [0.5, 0.6) is 11.5 Å². The zero-order valence-electron chi connectivity index (χ0n) is 21.3. The largest absolute Gasteiger partial charge is 0.493 e. The van der Waals surface area contributed by atoms with Crippen molar-refractivity contribution in [1.82, 2.24) is 5.32 Å². The molecule has 3 aromatic carbocycles. The maximum atomic E-state index is 13.9. The van der Waals surface area contributed by atoms with Crippen LogP contribution in [0.2, 0.25) is 5.02 Å². The zero-order chi connectivity index (χ0) is 28.2.